The fourth-order valence-corrected chi connectivity index (χ4v) is 4.58. The number of morpholine rings is 1. The van der Waals surface area contributed by atoms with Gasteiger partial charge in [0.15, 0.2) is 5.16 Å². The van der Waals surface area contributed by atoms with Gasteiger partial charge in [-0.15, -0.1) is 10.2 Å². The largest absolute Gasteiger partial charge is 0.378 e. The maximum Gasteiger partial charge on any atom is 0.289 e. The van der Waals surface area contributed by atoms with E-state index in [1.54, 1.807) is 0 Å². The van der Waals surface area contributed by atoms with E-state index in [0.717, 1.165) is 5.56 Å². The van der Waals surface area contributed by atoms with Gasteiger partial charge in [0.25, 0.3) is 5.69 Å². The first kappa shape index (κ1) is 23.0. The first-order valence-electron chi connectivity index (χ1n) is 10.1. The second kappa shape index (κ2) is 10.2. The number of rotatable bonds is 7. The summed E-state index contributed by atoms with van der Waals surface area (Å²) in [7, 11) is 1.86. The van der Waals surface area contributed by atoms with Gasteiger partial charge in [0.05, 0.1) is 18.1 Å². The second-order valence-electron chi connectivity index (χ2n) is 7.26. The molecule has 1 fully saturated rings. The standard InChI is InChI=1S/C21H21ClN6O4S/c1-26-20(27-9-11-32-12-10-27)24-25-21(26)33-18(14-5-3-2-4-6-14)19(29)23-15-7-8-16(22)17(13-15)28(30)31/h2-8,13,18H,9-12H2,1H3,(H,23,29). The predicted octanol–water partition coefficient (Wildman–Crippen LogP) is 3.69. The minimum atomic E-state index is -0.665. The minimum absolute atomic E-state index is 0.00158. The van der Waals surface area contributed by atoms with Crippen LogP contribution in [0, 0.1) is 10.1 Å². The average Bonchev–Trinajstić information content (AvgIpc) is 3.19. The van der Waals surface area contributed by atoms with Crippen LogP contribution >= 0.6 is 23.4 Å². The fraction of sp³-hybridized carbons (Fsp3) is 0.286. The van der Waals surface area contributed by atoms with Crippen LogP contribution in [0.15, 0.2) is 53.7 Å². The number of aromatic nitrogens is 3. The molecule has 33 heavy (non-hydrogen) atoms. The summed E-state index contributed by atoms with van der Waals surface area (Å²) in [5.41, 5.74) is 0.769. The Balaban J connectivity index is 1.59. The Bertz CT molecular complexity index is 1150. The van der Waals surface area contributed by atoms with Gasteiger partial charge in [-0.1, -0.05) is 53.7 Å². The summed E-state index contributed by atoms with van der Waals surface area (Å²) >= 11 is 7.14. The molecule has 1 amide bonds. The molecule has 10 nitrogen and oxygen atoms in total. The van der Waals surface area contributed by atoms with Crippen LogP contribution in [0.25, 0.3) is 0 Å². The van der Waals surface area contributed by atoms with Gasteiger partial charge in [-0.25, -0.2) is 0 Å². The smallest absolute Gasteiger partial charge is 0.289 e. The zero-order chi connectivity index (χ0) is 23.4. The van der Waals surface area contributed by atoms with Crippen molar-refractivity contribution < 1.29 is 14.5 Å². The molecule has 172 valence electrons. The highest BCUT2D eigenvalue weighted by Crippen LogP contribution is 2.37. The second-order valence-corrected chi connectivity index (χ2v) is 8.74. The van der Waals surface area contributed by atoms with Gasteiger partial charge in [0.1, 0.15) is 10.3 Å². The van der Waals surface area contributed by atoms with Gasteiger partial charge in [-0.05, 0) is 17.7 Å². The maximum absolute atomic E-state index is 13.3. The number of nitro groups is 1. The molecule has 0 aliphatic carbocycles. The molecular formula is C21H21ClN6O4S. The maximum atomic E-state index is 13.3. The van der Waals surface area contributed by atoms with Gasteiger partial charge >= 0.3 is 0 Å². The van der Waals surface area contributed by atoms with Crippen molar-refractivity contribution in [2.45, 2.75) is 10.4 Å². The van der Waals surface area contributed by atoms with E-state index in [0.29, 0.717) is 37.4 Å². The Kier molecular flexibility index (Phi) is 7.11. The number of halogens is 1. The molecule has 0 spiro atoms. The van der Waals surface area contributed by atoms with E-state index in [1.807, 2.05) is 41.9 Å². The number of anilines is 2. The molecule has 1 aliphatic rings. The zero-order valence-electron chi connectivity index (χ0n) is 17.7. The Morgan fingerprint density at radius 1 is 1.21 bits per heavy atom. The number of nitrogens with one attached hydrogen (secondary N) is 1. The summed E-state index contributed by atoms with van der Waals surface area (Å²) in [4.78, 5) is 26.0. The van der Waals surface area contributed by atoms with Gasteiger partial charge in [-0.3, -0.25) is 19.5 Å². The molecule has 1 atom stereocenters. The molecule has 1 saturated heterocycles. The lowest BCUT2D eigenvalue weighted by molar-refractivity contribution is -0.384. The average molecular weight is 489 g/mol. The molecule has 1 aliphatic heterocycles. The number of ether oxygens (including phenoxy) is 1. The molecule has 1 N–H and O–H groups in total. The van der Waals surface area contributed by atoms with Crippen molar-refractivity contribution in [2.24, 2.45) is 7.05 Å². The summed E-state index contributed by atoms with van der Waals surface area (Å²) in [6.07, 6.45) is 0. The molecule has 4 rings (SSSR count). The summed E-state index contributed by atoms with van der Waals surface area (Å²) in [6.45, 7) is 2.68. The number of nitrogens with zero attached hydrogens (tertiary/aromatic N) is 5. The fourth-order valence-electron chi connectivity index (χ4n) is 3.39. The number of nitro benzene ring substituents is 1. The number of hydrogen-bond donors (Lipinski definition) is 1. The summed E-state index contributed by atoms with van der Waals surface area (Å²) < 4.78 is 7.25. The van der Waals surface area contributed by atoms with Crippen LogP contribution in [-0.4, -0.2) is 51.9 Å². The molecule has 1 unspecified atom stereocenters. The first-order chi connectivity index (χ1) is 15.9. The molecule has 0 saturated carbocycles. The highest BCUT2D eigenvalue weighted by Gasteiger charge is 2.27. The normalized spacial score (nSPS) is 14.7. The van der Waals surface area contributed by atoms with E-state index in [4.69, 9.17) is 16.3 Å². The van der Waals surface area contributed by atoms with Crippen molar-refractivity contribution >= 4 is 46.6 Å². The van der Waals surface area contributed by atoms with Crippen LogP contribution in [0.3, 0.4) is 0 Å². The van der Waals surface area contributed by atoms with Gasteiger partial charge in [0.2, 0.25) is 11.9 Å². The number of thioether (sulfide) groups is 1. The molecule has 2 aromatic carbocycles. The molecule has 3 aromatic rings. The van der Waals surface area contributed by atoms with E-state index in [1.165, 1.54) is 30.0 Å². The van der Waals surface area contributed by atoms with Crippen molar-refractivity contribution in [1.82, 2.24) is 14.8 Å². The van der Waals surface area contributed by atoms with Crippen LogP contribution in [0.4, 0.5) is 17.3 Å². The van der Waals surface area contributed by atoms with Gasteiger partial charge in [0, 0.05) is 31.9 Å². The predicted molar refractivity (Wildman–Crippen MR) is 126 cm³/mol. The van der Waals surface area contributed by atoms with Gasteiger partial charge < -0.3 is 15.0 Å². The van der Waals surface area contributed by atoms with Crippen molar-refractivity contribution in [1.29, 1.82) is 0 Å². The van der Waals surface area contributed by atoms with E-state index in [-0.39, 0.29) is 22.3 Å². The monoisotopic (exact) mass is 488 g/mol. The number of amides is 1. The molecule has 12 heteroatoms. The Hall–Kier alpha value is -3.15. The zero-order valence-corrected chi connectivity index (χ0v) is 19.3. The Morgan fingerprint density at radius 2 is 1.94 bits per heavy atom. The highest BCUT2D eigenvalue weighted by atomic mass is 35.5. The molecule has 0 bridgehead atoms. The minimum Gasteiger partial charge on any atom is -0.378 e. The van der Waals surface area contributed by atoms with Crippen LogP contribution < -0.4 is 10.2 Å². The lowest BCUT2D eigenvalue weighted by atomic mass is 10.1. The topological polar surface area (TPSA) is 115 Å². The molecular weight excluding hydrogens is 468 g/mol. The van der Waals surface area contributed by atoms with Crippen LogP contribution in [0.2, 0.25) is 5.02 Å². The third-order valence-electron chi connectivity index (χ3n) is 5.08. The van der Waals surface area contributed by atoms with Crippen molar-refractivity contribution in [3.63, 3.8) is 0 Å². The number of benzene rings is 2. The summed E-state index contributed by atoms with van der Waals surface area (Å²) in [5, 5.41) is 22.5. The number of hydrogen-bond acceptors (Lipinski definition) is 8. The SMILES string of the molecule is Cn1c(SC(C(=O)Nc2ccc(Cl)c([N+](=O)[O-])c2)c2ccccc2)nnc1N1CCOCC1. The van der Waals surface area contributed by atoms with Crippen molar-refractivity contribution in [3.8, 4) is 0 Å². The quantitative estimate of drug-likeness (QED) is 0.304. The third-order valence-corrected chi connectivity index (χ3v) is 6.69. The number of carbonyl (C=O) groups excluding carboxylic acids is 1. The van der Waals surface area contributed by atoms with E-state index in [9.17, 15) is 14.9 Å². The van der Waals surface area contributed by atoms with E-state index < -0.39 is 10.2 Å². The van der Waals surface area contributed by atoms with E-state index >= 15 is 0 Å². The Morgan fingerprint density at radius 3 is 2.64 bits per heavy atom. The lowest BCUT2D eigenvalue weighted by Crippen LogP contribution is -2.37. The van der Waals surface area contributed by atoms with E-state index in [2.05, 4.69) is 20.4 Å². The third kappa shape index (κ3) is 5.27. The first-order valence-corrected chi connectivity index (χ1v) is 11.4. The van der Waals surface area contributed by atoms with Crippen molar-refractivity contribution in [3.05, 3.63) is 69.2 Å². The molecule has 0 radical (unpaired) electrons. The van der Waals surface area contributed by atoms with Crippen molar-refractivity contribution in [2.75, 3.05) is 36.5 Å². The number of carbonyl (C=O) groups is 1. The molecule has 2 heterocycles. The Labute approximate surface area is 199 Å². The summed E-state index contributed by atoms with van der Waals surface area (Å²) in [5.74, 6) is 0.361. The molecule has 1 aromatic heterocycles. The van der Waals surface area contributed by atoms with Gasteiger partial charge in [-0.2, -0.15) is 0 Å². The lowest BCUT2D eigenvalue weighted by Gasteiger charge is -2.27. The summed E-state index contributed by atoms with van der Waals surface area (Å²) in [6, 6.07) is 13.4. The van der Waals surface area contributed by atoms with Crippen LogP contribution in [-0.2, 0) is 16.6 Å². The van der Waals surface area contributed by atoms with Crippen LogP contribution in [0.1, 0.15) is 10.8 Å². The highest BCUT2D eigenvalue weighted by molar-refractivity contribution is 8.00. The van der Waals surface area contributed by atoms with Crippen LogP contribution in [0.5, 0.6) is 0 Å².